The zero-order chi connectivity index (χ0) is 26.7. The summed E-state index contributed by atoms with van der Waals surface area (Å²) in [5, 5.41) is 16.8. The van der Waals surface area contributed by atoms with Gasteiger partial charge in [0.1, 0.15) is 6.04 Å². The molecule has 0 unspecified atom stereocenters. The van der Waals surface area contributed by atoms with E-state index in [4.69, 9.17) is 23.2 Å². The summed E-state index contributed by atoms with van der Waals surface area (Å²) in [5.74, 6) is -1.90. The molecule has 2 amide bonds. The first-order chi connectivity index (χ1) is 17.6. The molecule has 192 valence electrons. The van der Waals surface area contributed by atoms with Crippen LogP contribution in [0.5, 0.6) is 0 Å². The standard InChI is InChI=1S/C27H26Cl2N4O4/c1-16-14-22(31-32(16)2)26(35)33-12-10-19(11-13-33)18-8-6-17(7-9-18)15-23(27(36)37)30-25(34)24-20(28)4-3-5-21(24)29/h3-10,14,23H,11-13,15H2,1-2H3,(H,30,34)(H,36,37)/t23-/m0/s1. The summed E-state index contributed by atoms with van der Waals surface area (Å²) < 4.78 is 1.69. The summed E-state index contributed by atoms with van der Waals surface area (Å²) in [6.07, 6.45) is 2.82. The van der Waals surface area contributed by atoms with E-state index in [1.807, 2.05) is 44.3 Å². The summed E-state index contributed by atoms with van der Waals surface area (Å²) in [5.41, 5.74) is 4.28. The van der Waals surface area contributed by atoms with Gasteiger partial charge in [0.25, 0.3) is 11.8 Å². The monoisotopic (exact) mass is 540 g/mol. The van der Waals surface area contributed by atoms with Crippen LogP contribution in [-0.4, -0.2) is 56.7 Å². The molecular weight excluding hydrogens is 515 g/mol. The SMILES string of the molecule is Cc1cc(C(=O)N2CC=C(c3ccc(C[C@H](NC(=O)c4c(Cl)cccc4Cl)C(=O)O)cc3)CC2)nn1C. The van der Waals surface area contributed by atoms with Crippen molar-refractivity contribution in [2.24, 2.45) is 7.05 Å². The van der Waals surface area contributed by atoms with Crippen LogP contribution in [0.4, 0.5) is 0 Å². The molecule has 3 aromatic rings. The highest BCUT2D eigenvalue weighted by Gasteiger charge is 2.25. The summed E-state index contributed by atoms with van der Waals surface area (Å²) in [4.78, 5) is 39.0. The van der Waals surface area contributed by atoms with Gasteiger partial charge >= 0.3 is 5.97 Å². The molecule has 8 nitrogen and oxygen atoms in total. The smallest absolute Gasteiger partial charge is 0.326 e. The normalized spacial score (nSPS) is 14.2. The van der Waals surface area contributed by atoms with Gasteiger partial charge in [-0.25, -0.2) is 4.79 Å². The van der Waals surface area contributed by atoms with E-state index >= 15 is 0 Å². The number of aryl methyl sites for hydroxylation is 2. The maximum Gasteiger partial charge on any atom is 0.326 e. The van der Waals surface area contributed by atoms with Crippen LogP contribution in [0.25, 0.3) is 5.57 Å². The molecule has 0 spiro atoms. The number of carboxylic acid groups (broad SMARTS) is 1. The fraction of sp³-hybridized carbons (Fsp3) is 0.259. The third-order valence-corrected chi connectivity index (χ3v) is 7.02. The minimum absolute atomic E-state index is 0.0439. The molecule has 10 heteroatoms. The maximum atomic E-state index is 12.7. The number of carboxylic acids is 1. The molecule has 1 atom stereocenters. The van der Waals surface area contributed by atoms with Crippen LogP contribution in [0.3, 0.4) is 0 Å². The van der Waals surface area contributed by atoms with E-state index in [-0.39, 0.29) is 27.9 Å². The Morgan fingerprint density at radius 2 is 1.78 bits per heavy atom. The molecule has 0 radical (unpaired) electrons. The number of benzene rings is 2. The molecule has 4 rings (SSSR count). The molecule has 0 aliphatic carbocycles. The van der Waals surface area contributed by atoms with Crippen LogP contribution in [0.1, 0.15) is 44.1 Å². The summed E-state index contributed by atoms with van der Waals surface area (Å²) in [6.45, 7) is 2.98. The lowest BCUT2D eigenvalue weighted by atomic mass is 9.96. The molecule has 1 aliphatic heterocycles. The predicted molar refractivity (Wildman–Crippen MR) is 142 cm³/mol. The van der Waals surface area contributed by atoms with Crippen molar-refractivity contribution >= 4 is 46.6 Å². The Kier molecular flexibility index (Phi) is 8.00. The van der Waals surface area contributed by atoms with E-state index in [1.165, 1.54) is 12.1 Å². The number of aliphatic carboxylic acids is 1. The average molecular weight is 541 g/mol. The van der Waals surface area contributed by atoms with Gasteiger partial charge < -0.3 is 15.3 Å². The Balaban J connectivity index is 1.40. The van der Waals surface area contributed by atoms with Gasteiger partial charge in [-0.05, 0) is 48.2 Å². The van der Waals surface area contributed by atoms with E-state index < -0.39 is 17.9 Å². The van der Waals surface area contributed by atoms with Gasteiger partial charge in [0, 0.05) is 32.3 Å². The number of rotatable bonds is 7. The lowest BCUT2D eigenvalue weighted by molar-refractivity contribution is -0.139. The molecule has 0 saturated heterocycles. The Labute approximate surface area is 224 Å². The number of hydrogen-bond acceptors (Lipinski definition) is 4. The van der Waals surface area contributed by atoms with Crippen LogP contribution in [-0.2, 0) is 18.3 Å². The Bertz CT molecular complexity index is 1340. The van der Waals surface area contributed by atoms with Crippen LogP contribution < -0.4 is 5.32 Å². The van der Waals surface area contributed by atoms with E-state index in [9.17, 15) is 19.5 Å². The van der Waals surface area contributed by atoms with Crippen molar-refractivity contribution in [3.63, 3.8) is 0 Å². The highest BCUT2D eigenvalue weighted by Crippen LogP contribution is 2.25. The summed E-state index contributed by atoms with van der Waals surface area (Å²) in [7, 11) is 1.81. The Morgan fingerprint density at radius 1 is 1.11 bits per heavy atom. The van der Waals surface area contributed by atoms with Crippen molar-refractivity contribution in [3.8, 4) is 0 Å². The maximum absolute atomic E-state index is 12.7. The minimum atomic E-state index is -1.16. The number of amides is 2. The van der Waals surface area contributed by atoms with E-state index in [1.54, 1.807) is 21.7 Å². The topological polar surface area (TPSA) is 105 Å². The largest absolute Gasteiger partial charge is 0.480 e. The summed E-state index contributed by atoms with van der Waals surface area (Å²) >= 11 is 12.2. The van der Waals surface area contributed by atoms with Gasteiger partial charge in [-0.3, -0.25) is 14.3 Å². The Morgan fingerprint density at radius 3 is 2.32 bits per heavy atom. The predicted octanol–water partition coefficient (Wildman–Crippen LogP) is 4.39. The van der Waals surface area contributed by atoms with Crippen molar-refractivity contribution in [2.45, 2.75) is 25.8 Å². The third-order valence-electron chi connectivity index (χ3n) is 6.39. The quantitative estimate of drug-likeness (QED) is 0.462. The molecule has 1 aromatic heterocycles. The first-order valence-corrected chi connectivity index (χ1v) is 12.5. The highest BCUT2D eigenvalue weighted by molar-refractivity contribution is 6.39. The summed E-state index contributed by atoms with van der Waals surface area (Å²) in [6, 6.07) is 12.8. The first kappa shape index (κ1) is 26.4. The van der Waals surface area contributed by atoms with Gasteiger partial charge in [0.15, 0.2) is 5.69 Å². The third kappa shape index (κ3) is 6.03. The van der Waals surface area contributed by atoms with E-state index in [0.29, 0.717) is 25.2 Å². The van der Waals surface area contributed by atoms with Crippen LogP contribution in [0.2, 0.25) is 10.0 Å². The molecule has 2 heterocycles. The second-order valence-corrected chi connectivity index (χ2v) is 9.70. The zero-order valence-electron chi connectivity index (χ0n) is 20.4. The lowest BCUT2D eigenvalue weighted by Crippen LogP contribution is -2.42. The molecule has 0 fully saturated rings. The Hall–Kier alpha value is -3.62. The average Bonchev–Trinajstić information content (AvgIpc) is 3.21. The molecule has 1 aliphatic rings. The number of hydrogen-bond donors (Lipinski definition) is 2. The zero-order valence-corrected chi connectivity index (χ0v) is 21.9. The van der Waals surface area contributed by atoms with Crippen LogP contribution in [0, 0.1) is 6.92 Å². The van der Waals surface area contributed by atoms with Gasteiger partial charge in [0.2, 0.25) is 0 Å². The van der Waals surface area contributed by atoms with Crippen LogP contribution in [0.15, 0.2) is 54.6 Å². The van der Waals surface area contributed by atoms with Crippen molar-refractivity contribution < 1.29 is 19.5 Å². The number of carbonyl (C=O) groups is 3. The molecular formula is C27H26Cl2N4O4. The van der Waals surface area contributed by atoms with Crippen molar-refractivity contribution in [1.82, 2.24) is 20.0 Å². The number of halogens is 2. The van der Waals surface area contributed by atoms with Crippen molar-refractivity contribution in [1.29, 1.82) is 0 Å². The molecule has 2 N–H and O–H groups in total. The van der Waals surface area contributed by atoms with E-state index in [2.05, 4.69) is 10.4 Å². The fourth-order valence-electron chi connectivity index (χ4n) is 4.18. The van der Waals surface area contributed by atoms with E-state index in [0.717, 1.165) is 22.4 Å². The highest BCUT2D eigenvalue weighted by atomic mass is 35.5. The van der Waals surface area contributed by atoms with Crippen molar-refractivity contribution in [3.05, 3.63) is 92.7 Å². The molecule has 0 saturated carbocycles. The number of nitrogens with zero attached hydrogens (tertiary/aromatic N) is 3. The van der Waals surface area contributed by atoms with Gasteiger partial charge in [-0.2, -0.15) is 5.10 Å². The fourth-order valence-corrected chi connectivity index (χ4v) is 4.75. The minimum Gasteiger partial charge on any atom is -0.480 e. The second kappa shape index (κ2) is 11.2. The number of aromatic nitrogens is 2. The van der Waals surface area contributed by atoms with Crippen LogP contribution >= 0.6 is 23.2 Å². The molecule has 2 aromatic carbocycles. The van der Waals surface area contributed by atoms with Crippen molar-refractivity contribution in [2.75, 3.05) is 13.1 Å². The molecule has 0 bridgehead atoms. The van der Waals surface area contributed by atoms with Gasteiger partial charge in [-0.1, -0.05) is 59.6 Å². The second-order valence-electron chi connectivity index (χ2n) is 8.89. The number of carbonyl (C=O) groups excluding carboxylic acids is 2. The van der Waals surface area contributed by atoms with Gasteiger partial charge in [-0.15, -0.1) is 0 Å². The lowest BCUT2D eigenvalue weighted by Gasteiger charge is -2.26. The van der Waals surface area contributed by atoms with Gasteiger partial charge in [0.05, 0.1) is 15.6 Å². The number of nitrogens with one attached hydrogen (secondary N) is 1. The molecule has 37 heavy (non-hydrogen) atoms. The first-order valence-electron chi connectivity index (χ1n) is 11.7.